The van der Waals surface area contributed by atoms with E-state index in [4.69, 9.17) is 28.8 Å². The molecular formula is C47H81N7O12Si2. The Bertz CT molecular complexity index is 1940. The van der Waals surface area contributed by atoms with Crippen LogP contribution >= 0.6 is 0 Å². The molecule has 2 fully saturated rings. The summed E-state index contributed by atoms with van der Waals surface area (Å²) in [5, 5.41) is 12.8. The molecule has 1 aromatic carbocycles. The van der Waals surface area contributed by atoms with Gasteiger partial charge in [0.05, 0.1) is 19.3 Å². The van der Waals surface area contributed by atoms with Gasteiger partial charge in [0, 0.05) is 20.8 Å². The molecule has 0 aliphatic carbocycles. The number of carbonyl (C=O) groups excluding carboxylic acids is 7. The minimum atomic E-state index is -2.62. The second kappa shape index (κ2) is 23.9. The van der Waals surface area contributed by atoms with E-state index in [2.05, 4.69) is 60.4 Å². The number of methoxy groups -OCH3 is 2. The summed E-state index contributed by atoms with van der Waals surface area (Å²) >= 11 is 0. The second-order valence-corrected chi connectivity index (χ2v) is 30.9. The summed E-state index contributed by atoms with van der Waals surface area (Å²) in [6.45, 7) is 26.4. The van der Waals surface area contributed by atoms with E-state index in [0.29, 0.717) is 24.2 Å². The Morgan fingerprint density at radius 3 is 1.91 bits per heavy atom. The Kier molecular flexibility index (Phi) is 20.4. The number of nitrogens with two attached hydrogens (primary N) is 1. The minimum absolute atomic E-state index is 0.0823. The average Bonchev–Trinajstić information content (AvgIpc) is 3.24. The van der Waals surface area contributed by atoms with E-state index in [0.717, 1.165) is 0 Å². The van der Waals surface area contributed by atoms with Gasteiger partial charge in [-0.1, -0.05) is 67.5 Å². The highest BCUT2D eigenvalue weighted by atomic mass is 28.4. The van der Waals surface area contributed by atoms with Gasteiger partial charge in [-0.05, 0) is 93.0 Å². The molecule has 21 heteroatoms. The van der Waals surface area contributed by atoms with Crippen molar-refractivity contribution in [2.75, 3.05) is 33.9 Å². The van der Waals surface area contributed by atoms with Gasteiger partial charge in [0.1, 0.15) is 54.2 Å². The quantitative estimate of drug-likeness (QED) is 0.138. The molecule has 2 saturated heterocycles. The molecule has 0 unspecified atom stereocenters. The lowest BCUT2D eigenvalue weighted by atomic mass is 9.95. The van der Waals surface area contributed by atoms with Gasteiger partial charge in [-0.25, -0.2) is 4.79 Å². The van der Waals surface area contributed by atoms with Crippen molar-refractivity contribution in [2.45, 2.75) is 179 Å². The molecular weight excluding hydrogens is 911 g/mol. The lowest BCUT2D eigenvalue weighted by molar-refractivity contribution is -0.167. The molecule has 2 heterocycles. The molecule has 0 radical (unpaired) electrons. The van der Waals surface area contributed by atoms with E-state index in [1.165, 1.54) is 26.0 Å². The van der Waals surface area contributed by atoms with Crippen LogP contribution in [0.25, 0.3) is 0 Å². The van der Waals surface area contributed by atoms with Gasteiger partial charge in [0.15, 0.2) is 8.32 Å². The van der Waals surface area contributed by atoms with Gasteiger partial charge in [0.25, 0.3) is 0 Å². The van der Waals surface area contributed by atoms with Crippen molar-refractivity contribution in [3.8, 4) is 5.75 Å². The van der Waals surface area contributed by atoms with Gasteiger partial charge in [-0.15, -0.1) is 0 Å². The van der Waals surface area contributed by atoms with Gasteiger partial charge >= 0.3 is 5.97 Å². The van der Waals surface area contributed by atoms with E-state index in [1.54, 1.807) is 45.0 Å². The number of nitrogens with one attached hydrogen (secondary N) is 5. The van der Waals surface area contributed by atoms with Crippen molar-refractivity contribution in [1.82, 2.24) is 31.5 Å². The number of rotatable bonds is 11. The topological polar surface area (TPSA) is 255 Å². The first-order valence-electron chi connectivity index (χ1n) is 23.6. The number of benzene rings is 1. The van der Waals surface area contributed by atoms with Crippen LogP contribution in [-0.4, -0.2) is 145 Å². The summed E-state index contributed by atoms with van der Waals surface area (Å²) in [5.74, 6) is -5.32. The van der Waals surface area contributed by atoms with E-state index in [1.807, 2.05) is 33.9 Å². The zero-order valence-corrected chi connectivity index (χ0v) is 45.2. The number of hydrogen-bond acceptors (Lipinski definition) is 13. The Balaban J connectivity index is 2.25. The van der Waals surface area contributed by atoms with Crippen LogP contribution in [0.5, 0.6) is 5.75 Å². The van der Waals surface area contributed by atoms with E-state index >= 15 is 4.79 Å². The first-order valence-corrected chi connectivity index (χ1v) is 29.4. The highest BCUT2D eigenvalue weighted by Gasteiger charge is 2.46. The fourth-order valence-electron chi connectivity index (χ4n) is 7.40. The van der Waals surface area contributed by atoms with Crippen molar-refractivity contribution in [2.24, 2.45) is 11.7 Å². The molecule has 1 aromatic rings. The van der Waals surface area contributed by atoms with Gasteiger partial charge < -0.3 is 60.3 Å². The molecule has 7 N–H and O–H groups in total. The van der Waals surface area contributed by atoms with E-state index < -0.39 is 125 Å². The maximum Gasteiger partial charge on any atom is 0.329 e. The van der Waals surface area contributed by atoms with Crippen LogP contribution in [0.4, 0.5) is 0 Å². The number of ether oxygens (including phenoxy) is 3. The first-order chi connectivity index (χ1) is 31.4. The fourth-order valence-corrected chi connectivity index (χ4v) is 9.85. The lowest BCUT2D eigenvalue weighted by Gasteiger charge is -2.41. The molecule has 19 nitrogen and oxygen atoms in total. The largest absolute Gasteiger partial charge is 0.544 e. The summed E-state index contributed by atoms with van der Waals surface area (Å²) in [6, 6.07) is -0.999. The zero-order chi connectivity index (χ0) is 51.7. The van der Waals surface area contributed by atoms with Crippen molar-refractivity contribution in [3.63, 3.8) is 0 Å². The normalized spacial score (nSPS) is 26.1. The number of piperidine rings is 1. The third-order valence-electron chi connectivity index (χ3n) is 13.6. The van der Waals surface area contributed by atoms with Gasteiger partial charge in [-0.2, -0.15) is 0 Å². The molecule has 68 heavy (non-hydrogen) atoms. The van der Waals surface area contributed by atoms with Crippen LogP contribution < -0.4 is 36.7 Å². The monoisotopic (exact) mass is 992 g/mol. The number of hydrogen-bond donors (Lipinski definition) is 6. The molecule has 0 bridgehead atoms. The number of esters is 1. The molecule has 0 spiro atoms. The summed E-state index contributed by atoms with van der Waals surface area (Å²) in [5.41, 5.74) is 6.96. The number of cyclic esters (lactones) is 1. The Morgan fingerprint density at radius 2 is 1.37 bits per heavy atom. The summed E-state index contributed by atoms with van der Waals surface area (Å²) in [6.07, 6.45) is -2.03. The fraction of sp³-hybridized carbons (Fsp3) is 0.723. The van der Waals surface area contributed by atoms with Crippen molar-refractivity contribution >= 4 is 58.0 Å². The van der Waals surface area contributed by atoms with E-state index in [9.17, 15) is 28.8 Å². The first kappa shape index (κ1) is 57.9. The molecule has 6 amide bonds. The second-order valence-electron chi connectivity index (χ2n) is 21.4. The lowest BCUT2D eigenvalue weighted by Crippen LogP contribution is -2.64. The number of carbonyl (C=O) groups is 7. The summed E-state index contributed by atoms with van der Waals surface area (Å²) in [7, 11) is -2.14. The summed E-state index contributed by atoms with van der Waals surface area (Å²) < 4.78 is 30.5. The molecule has 9 atom stereocenters. The highest BCUT2D eigenvalue weighted by molar-refractivity contribution is 6.75. The zero-order valence-electron chi connectivity index (χ0n) is 43.2. The Hall–Kier alpha value is -4.42. The third kappa shape index (κ3) is 15.0. The highest BCUT2D eigenvalue weighted by Crippen LogP contribution is 2.39. The number of nitrogens with zero attached hydrogens (tertiary/aromatic N) is 1. The third-order valence-corrected chi connectivity index (χ3v) is 22.6. The van der Waals surface area contributed by atoms with Crippen LogP contribution in [0, 0.1) is 5.92 Å². The van der Waals surface area contributed by atoms with Crippen LogP contribution in [0.3, 0.4) is 0 Å². The number of amides is 6. The maximum atomic E-state index is 15.3. The molecule has 2 aliphatic rings. The van der Waals surface area contributed by atoms with Crippen molar-refractivity contribution in [1.29, 1.82) is 0 Å². The van der Waals surface area contributed by atoms with Crippen LogP contribution in [0.15, 0.2) is 24.3 Å². The van der Waals surface area contributed by atoms with Crippen LogP contribution in [0.1, 0.15) is 100 Å². The standard InChI is InChI=1S/C47H81N7O12Si2/c1-27(2)38-35(48)42(58)51-32(26-62-11)41(57)49-25-34(55)50-28(3)40(56)52-36(29(4)65-67(13,14)46(5,6)7)43(59)53-37(44(60)54-24-18-17-19-33(54)45(61)64-38)39(63-12)30-20-22-31(23-21-30)66-68(15,16)47(8,9)10/h20-23,27-29,32-33,35-39H,17-19,24-26,48H2,1-16H3,(H,49,57)(H,50,55)(H,51,58)(H,52,56)(H,53,59)/t28-,29+,32+,33-,35+,36-,37+,38+,39+/m0/s1. The SMILES string of the molecule is COC[C@H]1NC(=O)[C@H](N)[C@@H](C(C)C)OC(=O)[C@@H]2CCCCN2C(=O)[C@@H]([C@H](OC)c2ccc(O[Si](C)(C)C(C)(C)C)cc2)NC(=O)[C@H]([C@@H](C)O[Si](C)(C)C(C)(C)C)NC(=O)[C@H](C)NC(=O)CNC1=O. The Labute approximate surface area is 405 Å². The van der Waals surface area contributed by atoms with Crippen molar-refractivity contribution in [3.05, 3.63) is 29.8 Å². The Morgan fingerprint density at radius 1 is 0.779 bits per heavy atom. The predicted molar refractivity (Wildman–Crippen MR) is 262 cm³/mol. The van der Waals surface area contributed by atoms with Gasteiger partial charge in [-0.3, -0.25) is 28.8 Å². The number of fused-ring (bicyclic) bond motifs is 1. The van der Waals surface area contributed by atoms with Crippen molar-refractivity contribution < 1.29 is 56.6 Å². The van der Waals surface area contributed by atoms with Crippen LogP contribution in [0.2, 0.25) is 36.3 Å². The molecule has 0 saturated carbocycles. The van der Waals surface area contributed by atoms with Gasteiger partial charge in [0.2, 0.25) is 43.8 Å². The van der Waals surface area contributed by atoms with Crippen LogP contribution in [-0.2, 0) is 52.2 Å². The smallest absolute Gasteiger partial charge is 0.329 e. The molecule has 3 rings (SSSR count). The minimum Gasteiger partial charge on any atom is -0.544 e. The molecule has 2 aliphatic heterocycles. The van der Waals surface area contributed by atoms with E-state index in [-0.39, 0.29) is 29.6 Å². The average molecular weight is 992 g/mol. The molecule has 0 aromatic heterocycles. The molecule has 384 valence electrons. The predicted octanol–water partition coefficient (Wildman–Crippen LogP) is 3.18. The summed E-state index contributed by atoms with van der Waals surface area (Å²) in [4.78, 5) is 100. The maximum absolute atomic E-state index is 15.3.